The minimum absolute atomic E-state index is 0.183. The standard InChI is InChI=1S/C18H26ClN7O/c1-24-2-4-26(5-3-24)23-17-16-18(21-9-20-17)25(10-22-16)8-13-11-7-15(27)12(13)6-14(11)19/h9-15,27H,2-8H2,1H3,(H,20,21,23)/t11-,12-,13-,14-,15?/m0/s1. The number of anilines is 1. The summed E-state index contributed by atoms with van der Waals surface area (Å²) < 4.78 is 2.10. The van der Waals surface area contributed by atoms with Gasteiger partial charge >= 0.3 is 0 Å². The number of rotatable bonds is 4. The number of hydrogen-bond acceptors (Lipinski definition) is 7. The fourth-order valence-electron chi connectivity index (χ4n) is 5.08. The van der Waals surface area contributed by atoms with Crippen LogP contribution in [0.25, 0.3) is 11.2 Å². The highest BCUT2D eigenvalue weighted by Gasteiger charge is 2.52. The van der Waals surface area contributed by atoms with Gasteiger partial charge in [-0.2, -0.15) is 0 Å². The minimum atomic E-state index is -0.214. The van der Waals surface area contributed by atoms with E-state index >= 15 is 0 Å². The monoisotopic (exact) mass is 391 g/mol. The molecule has 1 saturated heterocycles. The molecule has 5 rings (SSSR count). The Hall–Kier alpha value is -1.48. The van der Waals surface area contributed by atoms with Crippen LogP contribution in [0, 0.1) is 17.8 Å². The van der Waals surface area contributed by atoms with Crippen LogP contribution in [0.2, 0.25) is 0 Å². The number of imidazole rings is 1. The molecule has 2 aromatic rings. The predicted molar refractivity (Wildman–Crippen MR) is 103 cm³/mol. The van der Waals surface area contributed by atoms with Crippen molar-refractivity contribution in [3.63, 3.8) is 0 Å². The molecule has 5 atom stereocenters. The molecule has 9 heteroatoms. The van der Waals surface area contributed by atoms with Crippen LogP contribution in [-0.2, 0) is 6.54 Å². The maximum Gasteiger partial charge on any atom is 0.172 e. The Balaban J connectivity index is 1.36. The quantitative estimate of drug-likeness (QED) is 0.753. The van der Waals surface area contributed by atoms with E-state index in [1.807, 2.05) is 6.33 Å². The van der Waals surface area contributed by atoms with E-state index in [4.69, 9.17) is 11.6 Å². The smallest absolute Gasteiger partial charge is 0.172 e. The highest BCUT2D eigenvalue weighted by atomic mass is 35.5. The number of likely N-dealkylation sites (N-methyl/N-ethyl adjacent to an activating group) is 1. The van der Waals surface area contributed by atoms with E-state index in [1.165, 1.54) is 0 Å². The Kier molecular flexibility index (Phi) is 4.46. The van der Waals surface area contributed by atoms with E-state index in [2.05, 4.69) is 41.9 Å². The highest BCUT2D eigenvalue weighted by Crippen LogP contribution is 2.52. The van der Waals surface area contributed by atoms with Crippen LogP contribution in [0.4, 0.5) is 5.82 Å². The van der Waals surface area contributed by atoms with Crippen molar-refractivity contribution in [1.82, 2.24) is 29.4 Å². The molecule has 8 nitrogen and oxygen atoms in total. The number of piperazine rings is 1. The third-order valence-electron chi connectivity index (χ3n) is 6.65. The molecule has 1 aliphatic heterocycles. The van der Waals surface area contributed by atoms with Crippen molar-refractivity contribution < 1.29 is 5.11 Å². The molecule has 2 aromatic heterocycles. The first-order valence-corrected chi connectivity index (χ1v) is 10.2. The largest absolute Gasteiger partial charge is 0.393 e. The number of fused-ring (bicyclic) bond motifs is 3. The SMILES string of the molecule is CN1CCN(Nc2ncnc3c2ncn3C[C@H]2[C@@H]3CC(O)[C@H]2C[C@@H]3Cl)CC1. The van der Waals surface area contributed by atoms with Gasteiger partial charge in [0.1, 0.15) is 6.33 Å². The van der Waals surface area contributed by atoms with Gasteiger partial charge in [-0.05, 0) is 37.6 Å². The van der Waals surface area contributed by atoms with Gasteiger partial charge in [0.25, 0.3) is 0 Å². The second-order valence-electron chi connectivity index (χ2n) is 8.24. The van der Waals surface area contributed by atoms with Gasteiger partial charge in [0.15, 0.2) is 17.0 Å². The van der Waals surface area contributed by atoms with Crippen molar-refractivity contribution in [1.29, 1.82) is 0 Å². The summed E-state index contributed by atoms with van der Waals surface area (Å²) in [5.74, 6) is 1.82. The summed E-state index contributed by atoms with van der Waals surface area (Å²) in [5.41, 5.74) is 5.05. The maximum absolute atomic E-state index is 10.3. The molecule has 2 bridgehead atoms. The number of nitrogens with zero attached hydrogens (tertiary/aromatic N) is 6. The molecular formula is C18H26ClN7O. The molecule has 0 aromatic carbocycles. The Morgan fingerprint density at radius 1 is 1.15 bits per heavy atom. The first-order valence-electron chi connectivity index (χ1n) is 9.78. The van der Waals surface area contributed by atoms with Crippen molar-refractivity contribution in [2.24, 2.45) is 17.8 Å². The second-order valence-corrected chi connectivity index (χ2v) is 8.80. The van der Waals surface area contributed by atoms with Crippen LogP contribution >= 0.6 is 11.6 Å². The van der Waals surface area contributed by atoms with Gasteiger partial charge in [0.05, 0.1) is 12.4 Å². The van der Waals surface area contributed by atoms with E-state index in [0.717, 1.165) is 62.5 Å². The lowest BCUT2D eigenvalue weighted by molar-refractivity contribution is 0.106. The number of aromatic nitrogens is 4. The van der Waals surface area contributed by atoms with Gasteiger partial charge in [0.2, 0.25) is 0 Å². The van der Waals surface area contributed by atoms with Crippen molar-refractivity contribution in [3.8, 4) is 0 Å². The van der Waals surface area contributed by atoms with Crippen LogP contribution in [0.15, 0.2) is 12.7 Å². The number of hydrazine groups is 1. The first kappa shape index (κ1) is 17.6. The third kappa shape index (κ3) is 3.08. The molecule has 146 valence electrons. The number of nitrogens with one attached hydrogen (secondary N) is 1. The Labute approximate surface area is 163 Å². The fourth-order valence-corrected chi connectivity index (χ4v) is 5.57. The zero-order valence-electron chi connectivity index (χ0n) is 15.5. The van der Waals surface area contributed by atoms with Gasteiger partial charge in [-0.15, -0.1) is 11.6 Å². The Morgan fingerprint density at radius 3 is 2.70 bits per heavy atom. The zero-order chi connectivity index (χ0) is 18.5. The van der Waals surface area contributed by atoms with Crippen molar-refractivity contribution in [3.05, 3.63) is 12.7 Å². The lowest BCUT2D eigenvalue weighted by Gasteiger charge is -2.32. The first-order chi connectivity index (χ1) is 13.1. The molecule has 27 heavy (non-hydrogen) atoms. The van der Waals surface area contributed by atoms with Gasteiger partial charge in [-0.3, -0.25) is 0 Å². The molecular weight excluding hydrogens is 366 g/mol. The van der Waals surface area contributed by atoms with E-state index in [-0.39, 0.29) is 11.5 Å². The van der Waals surface area contributed by atoms with E-state index in [1.54, 1.807) is 6.33 Å². The maximum atomic E-state index is 10.3. The summed E-state index contributed by atoms with van der Waals surface area (Å²) >= 11 is 6.49. The van der Waals surface area contributed by atoms with Crippen molar-refractivity contribution in [2.45, 2.75) is 30.9 Å². The molecule has 2 saturated carbocycles. The van der Waals surface area contributed by atoms with E-state index in [0.29, 0.717) is 17.8 Å². The lowest BCUT2D eigenvalue weighted by Crippen LogP contribution is -2.47. The second kappa shape index (κ2) is 6.84. The summed E-state index contributed by atoms with van der Waals surface area (Å²) in [7, 11) is 2.14. The summed E-state index contributed by atoms with van der Waals surface area (Å²) in [6.07, 6.45) is 4.97. The number of aliphatic hydroxyl groups is 1. The fraction of sp³-hybridized carbons (Fsp3) is 0.722. The Bertz CT molecular complexity index is 805. The van der Waals surface area contributed by atoms with Gasteiger partial charge in [-0.25, -0.2) is 20.0 Å². The average Bonchev–Trinajstić information content (AvgIpc) is 3.30. The van der Waals surface area contributed by atoms with Crippen LogP contribution in [0.1, 0.15) is 12.8 Å². The lowest BCUT2D eigenvalue weighted by atomic mass is 9.97. The predicted octanol–water partition coefficient (Wildman–Crippen LogP) is 1.02. The summed E-state index contributed by atoms with van der Waals surface area (Å²) in [6.45, 7) is 4.76. The topological polar surface area (TPSA) is 82.3 Å². The molecule has 1 unspecified atom stereocenters. The molecule has 0 spiro atoms. The van der Waals surface area contributed by atoms with Gasteiger partial charge in [0, 0.05) is 38.1 Å². The molecule has 2 N–H and O–H groups in total. The molecule has 0 radical (unpaired) electrons. The van der Waals surface area contributed by atoms with Gasteiger partial charge < -0.3 is 20.0 Å². The van der Waals surface area contributed by atoms with Crippen LogP contribution < -0.4 is 5.43 Å². The normalized spacial score (nSPS) is 34.6. The number of aliphatic hydroxyl groups excluding tert-OH is 1. The van der Waals surface area contributed by atoms with E-state index < -0.39 is 0 Å². The van der Waals surface area contributed by atoms with Crippen LogP contribution in [0.5, 0.6) is 0 Å². The minimum Gasteiger partial charge on any atom is -0.393 e. The molecule has 3 heterocycles. The summed E-state index contributed by atoms with van der Waals surface area (Å²) in [6, 6.07) is 0. The molecule has 0 amide bonds. The van der Waals surface area contributed by atoms with E-state index in [9.17, 15) is 5.11 Å². The number of halogens is 1. The van der Waals surface area contributed by atoms with Crippen molar-refractivity contribution in [2.75, 3.05) is 38.7 Å². The molecule has 2 aliphatic carbocycles. The number of alkyl halides is 1. The Morgan fingerprint density at radius 2 is 1.96 bits per heavy atom. The van der Waals surface area contributed by atoms with Gasteiger partial charge in [-0.1, -0.05) is 0 Å². The zero-order valence-corrected chi connectivity index (χ0v) is 16.3. The molecule has 3 fully saturated rings. The third-order valence-corrected chi connectivity index (χ3v) is 7.15. The van der Waals surface area contributed by atoms with Crippen LogP contribution in [0.3, 0.4) is 0 Å². The average molecular weight is 392 g/mol. The van der Waals surface area contributed by atoms with Crippen LogP contribution in [-0.4, -0.2) is 79.2 Å². The highest BCUT2D eigenvalue weighted by molar-refractivity contribution is 6.21. The summed E-state index contributed by atoms with van der Waals surface area (Å²) in [4.78, 5) is 15.8. The van der Waals surface area contributed by atoms with Crippen molar-refractivity contribution >= 4 is 28.6 Å². The summed E-state index contributed by atoms with van der Waals surface area (Å²) in [5, 5.41) is 12.6. The number of hydrogen-bond donors (Lipinski definition) is 2. The molecule has 3 aliphatic rings.